The van der Waals surface area contributed by atoms with Crippen LogP contribution in [-0.2, 0) is 4.74 Å². The minimum absolute atomic E-state index is 0.306. The third-order valence-electron chi connectivity index (χ3n) is 3.10. The van der Waals surface area contributed by atoms with Crippen LogP contribution in [0.25, 0.3) is 0 Å². The van der Waals surface area contributed by atoms with Crippen molar-refractivity contribution in [1.29, 1.82) is 0 Å². The molecule has 0 N–H and O–H groups in total. The van der Waals surface area contributed by atoms with E-state index >= 15 is 0 Å². The summed E-state index contributed by atoms with van der Waals surface area (Å²) >= 11 is 0. The van der Waals surface area contributed by atoms with Gasteiger partial charge >= 0.3 is 33.0 Å². The SMILES string of the molecule is CCOC(C)[N+](C)(CC)C(C)C.F[P-](F)(F)(F)(F)F. The molecule has 0 heterocycles. The Morgan fingerprint density at radius 1 is 0.947 bits per heavy atom. The normalized spacial score (nSPS) is 20.7. The molecule has 0 amide bonds. The summed E-state index contributed by atoms with van der Waals surface area (Å²) in [5.41, 5.74) is 0. The second-order valence-corrected chi connectivity index (χ2v) is 6.69. The molecule has 0 aliphatic heterocycles. The number of hydrogen-bond acceptors (Lipinski definition) is 1. The third-order valence-corrected chi connectivity index (χ3v) is 3.10. The Balaban J connectivity index is 0. The molecular weight excluding hydrogens is 295 g/mol. The Morgan fingerprint density at radius 3 is 1.42 bits per heavy atom. The van der Waals surface area contributed by atoms with Gasteiger partial charge in [0.1, 0.15) is 0 Å². The van der Waals surface area contributed by atoms with Crippen molar-refractivity contribution >= 4 is 7.81 Å². The van der Waals surface area contributed by atoms with Crippen molar-refractivity contribution in [3.8, 4) is 0 Å². The molecule has 0 aliphatic carbocycles. The fraction of sp³-hybridized carbons (Fsp3) is 1.00. The van der Waals surface area contributed by atoms with E-state index in [-0.39, 0.29) is 0 Å². The summed E-state index contributed by atoms with van der Waals surface area (Å²) in [5, 5.41) is 0. The first kappa shape index (κ1) is 21.2. The Bertz CT molecular complexity index is 266. The van der Waals surface area contributed by atoms with Gasteiger partial charge in [-0.1, -0.05) is 0 Å². The minimum atomic E-state index is -10.7. The Kier molecular flexibility index (Phi) is 6.41. The van der Waals surface area contributed by atoms with Gasteiger partial charge < -0.3 is 4.74 Å². The second-order valence-electron chi connectivity index (χ2n) is 4.77. The molecule has 0 saturated heterocycles. The van der Waals surface area contributed by atoms with E-state index in [4.69, 9.17) is 4.74 Å². The van der Waals surface area contributed by atoms with E-state index in [1.807, 2.05) is 0 Å². The molecule has 0 radical (unpaired) electrons. The summed E-state index contributed by atoms with van der Waals surface area (Å²) in [4.78, 5) is 0. The first-order valence-electron chi connectivity index (χ1n) is 5.96. The van der Waals surface area contributed by atoms with Gasteiger partial charge in [0.2, 0.25) is 0 Å². The Morgan fingerprint density at radius 2 is 1.26 bits per heavy atom. The van der Waals surface area contributed by atoms with Crippen LogP contribution in [0.5, 0.6) is 0 Å². The molecule has 9 heteroatoms. The number of ether oxygens (including phenoxy) is 1. The van der Waals surface area contributed by atoms with Crippen molar-refractivity contribution in [2.45, 2.75) is 46.9 Å². The molecule has 2 unspecified atom stereocenters. The number of quaternary nitrogens is 1. The summed E-state index contributed by atoms with van der Waals surface area (Å²) in [7, 11) is -8.40. The Labute approximate surface area is 110 Å². The van der Waals surface area contributed by atoms with Crippen molar-refractivity contribution in [3.63, 3.8) is 0 Å². The maximum absolute atomic E-state index is 10.7. The van der Waals surface area contributed by atoms with Crippen LogP contribution in [0.15, 0.2) is 0 Å². The molecule has 0 aliphatic rings. The molecule has 122 valence electrons. The zero-order valence-electron chi connectivity index (χ0n) is 12.1. The van der Waals surface area contributed by atoms with Crippen molar-refractivity contribution < 1.29 is 34.4 Å². The van der Waals surface area contributed by atoms with E-state index in [0.717, 1.165) is 17.6 Å². The molecule has 0 rings (SSSR count). The predicted octanol–water partition coefficient (Wildman–Crippen LogP) is 5.63. The van der Waals surface area contributed by atoms with Crippen LogP contribution >= 0.6 is 7.81 Å². The van der Waals surface area contributed by atoms with Crippen LogP contribution in [0.2, 0.25) is 0 Å². The fourth-order valence-corrected chi connectivity index (χ4v) is 1.45. The number of nitrogens with zero attached hydrogens (tertiary/aromatic N) is 1. The van der Waals surface area contributed by atoms with Crippen LogP contribution in [-0.4, -0.2) is 37.0 Å². The molecule has 2 atom stereocenters. The van der Waals surface area contributed by atoms with Gasteiger partial charge in [-0.3, -0.25) is 4.48 Å². The summed E-state index contributed by atoms with van der Waals surface area (Å²) in [6.45, 7) is 12.9. The van der Waals surface area contributed by atoms with Gasteiger partial charge in [-0.05, 0) is 27.7 Å². The van der Waals surface area contributed by atoms with E-state index in [2.05, 4.69) is 41.7 Å². The number of rotatable bonds is 5. The molecule has 0 aromatic heterocycles. The molecule has 0 bridgehead atoms. The average molecular weight is 319 g/mol. The van der Waals surface area contributed by atoms with Crippen molar-refractivity contribution in [2.24, 2.45) is 0 Å². The zero-order chi connectivity index (χ0) is 16.2. The summed E-state index contributed by atoms with van der Waals surface area (Å²) in [6.07, 6.45) is 0.306. The van der Waals surface area contributed by atoms with E-state index < -0.39 is 7.81 Å². The maximum atomic E-state index is 9.87. The van der Waals surface area contributed by atoms with E-state index in [1.165, 1.54) is 0 Å². The monoisotopic (exact) mass is 319 g/mol. The summed E-state index contributed by atoms with van der Waals surface area (Å²) < 4.78 is 65.8. The summed E-state index contributed by atoms with van der Waals surface area (Å²) in [6, 6.07) is 0.622. The van der Waals surface area contributed by atoms with Gasteiger partial charge in [0.05, 0.1) is 26.2 Å². The van der Waals surface area contributed by atoms with Crippen LogP contribution in [0.1, 0.15) is 34.6 Å². The topological polar surface area (TPSA) is 9.23 Å². The summed E-state index contributed by atoms with van der Waals surface area (Å²) in [5.74, 6) is 0. The van der Waals surface area contributed by atoms with E-state index in [1.54, 1.807) is 0 Å². The van der Waals surface area contributed by atoms with Crippen molar-refractivity contribution in [1.82, 2.24) is 0 Å². The first-order valence-corrected chi connectivity index (χ1v) is 7.99. The van der Waals surface area contributed by atoms with Crippen molar-refractivity contribution in [3.05, 3.63) is 0 Å². The van der Waals surface area contributed by atoms with Gasteiger partial charge in [0, 0.05) is 6.92 Å². The van der Waals surface area contributed by atoms with Crippen LogP contribution in [0.3, 0.4) is 0 Å². The van der Waals surface area contributed by atoms with Crippen LogP contribution in [0.4, 0.5) is 25.2 Å². The third kappa shape index (κ3) is 14.2. The van der Waals surface area contributed by atoms with Gasteiger partial charge in [0.25, 0.3) is 0 Å². The molecular formula is C10H24F6NOP. The van der Waals surface area contributed by atoms with Gasteiger partial charge in [-0.2, -0.15) is 0 Å². The van der Waals surface area contributed by atoms with Crippen LogP contribution < -0.4 is 0 Å². The molecule has 0 aromatic carbocycles. The van der Waals surface area contributed by atoms with Crippen molar-refractivity contribution in [2.75, 3.05) is 20.2 Å². The van der Waals surface area contributed by atoms with E-state index in [0.29, 0.717) is 12.3 Å². The zero-order valence-corrected chi connectivity index (χ0v) is 13.0. The number of hydrogen-bond donors (Lipinski definition) is 0. The van der Waals surface area contributed by atoms with Gasteiger partial charge in [0.15, 0.2) is 6.23 Å². The fourth-order valence-electron chi connectivity index (χ4n) is 1.45. The molecule has 0 aromatic rings. The predicted molar refractivity (Wildman–Crippen MR) is 66.5 cm³/mol. The number of halogens is 6. The standard InChI is InChI=1S/C10H24NO.F6P/c1-7-11(6,9(3)4)10(5)12-8-2;1-7(2,3,4,5)6/h9-10H,7-8H2,1-6H3;/q+1;-1. The molecule has 0 fully saturated rings. The molecule has 2 nitrogen and oxygen atoms in total. The molecule has 19 heavy (non-hydrogen) atoms. The average Bonchev–Trinajstić information content (AvgIpc) is 2.11. The molecule has 0 saturated carbocycles. The van der Waals surface area contributed by atoms with Gasteiger partial charge in [-0.25, -0.2) is 0 Å². The Hall–Kier alpha value is -0.0700. The van der Waals surface area contributed by atoms with E-state index in [9.17, 15) is 25.2 Å². The molecule has 0 spiro atoms. The van der Waals surface area contributed by atoms with Gasteiger partial charge in [-0.15, -0.1) is 0 Å². The quantitative estimate of drug-likeness (QED) is 0.276. The first-order chi connectivity index (χ1) is 7.93. The second kappa shape index (κ2) is 5.74. The van der Waals surface area contributed by atoms with Crippen LogP contribution in [0, 0.1) is 0 Å².